The second kappa shape index (κ2) is 18.3. The first kappa shape index (κ1) is 34.0. The van der Waals surface area contributed by atoms with Crippen LogP contribution in [0.4, 0.5) is 0 Å². The Labute approximate surface area is 233 Å². The standard InChI is InChI=1S/C36H66O/c1-9-10-11-12-13-14-15-16-17-18-19-20-21-22-23-24-25-26-27-30(2)31-28-32(35(3,4)5)34(37)33(29-31)36(6,7)8/h28-30,37H,9-27H2,1-8H3. The number of phenolic OH excluding ortho intramolecular Hbond substituents is 1. The van der Waals surface area contributed by atoms with Crippen LogP contribution in [-0.2, 0) is 10.8 Å². The molecule has 0 saturated heterocycles. The van der Waals surface area contributed by atoms with Gasteiger partial charge in [-0.25, -0.2) is 0 Å². The van der Waals surface area contributed by atoms with Gasteiger partial charge in [0.05, 0.1) is 0 Å². The van der Waals surface area contributed by atoms with Gasteiger partial charge in [-0.2, -0.15) is 0 Å². The highest BCUT2D eigenvalue weighted by molar-refractivity contribution is 5.50. The van der Waals surface area contributed by atoms with Gasteiger partial charge in [-0.3, -0.25) is 0 Å². The molecule has 1 N–H and O–H groups in total. The number of unbranched alkanes of at least 4 members (excludes halogenated alkanes) is 17. The van der Waals surface area contributed by atoms with Crippen molar-refractivity contribution in [2.45, 2.75) is 194 Å². The van der Waals surface area contributed by atoms with Gasteiger partial charge in [0.15, 0.2) is 0 Å². The Bertz CT molecular complexity index is 667. The van der Waals surface area contributed by atoms with E-state index in [2.05, 4.69) is 67.5 Å². The van der Waals surface area contributed by atoms with Crippen molar-refractivity contribution in [3.8, 4) is 5.75 Å². The van der Waals surface area contributed by atoms with E-state index >= 15 is 0 Å². The van der Waals surface area contributed by atoms with Crippen LogP contribution in [0.25, 0.3) is 0 Å². The molecular weight excluding hydrogens is 448 g/mol. The Morgan fingerprint density at radius 1 is 0.541 bits per heavy atom. The first-order valence-electron chi connectivity index (χ1n) is 16.4. The largest absolute Gasteiger partial charge is 0.507 e. The molecule has 0 spiro atoms. The summed E-state index contributed by atoms with van der Waals surface area (Å²) in [6.07, 6.45) is 27.0. The molecule has 37 heavy (non-hydrogen) atoms. The van der Waals surface area contributed by atoms with Gasteiger partial charge in [0.2, 0.25) is 0 Å². The van der Waals surface area contributed by atoms with Crippen molar-refractivity contribution < 1.29 is 5.11 Å². The van der Waals surface area contributed by atoms with Crippen LogP contribution in [0.5, 0.6) is 5.75 Å². The quantitative estimate of drug-likeness (QED) is 0.171. The van der Waals surface area contributed by atoms with E-state index in [9.17, 15) is 5.11 Å². The summed E-state index contributed by atoms with van der Waals surface area (Å²) >= 11 is 0. The average molecular weight is 515 g/mol. The Hall–Kier alpha value is -0.980. The van der Waals surface area contributed by atoms with Crippen LogP contribution in [0.1, 0.15) is 200 Å². The molecule has 1 aromatic carbocycles. The summed E-state index contributed by atoms with van der Waals surface area (Å²) in [5.74, 6) is 1.05. The molecule has 1 atom stereocenters. The molecule has 0 radical (unpaired) electrons. The van der Waals surface area contributed by atoms with Crippen molar-refractivity contribution in [1.82, 2.24) is 0 Å². The van der Waals surface area contributed by atoms with Crippen LogP contribution in [-0.4, -0.2) is 5.11 Å². The second-order valence-electron chi connectivity index (χ2n) is 14.2. The molecule has 0 amide bonds. The predicted octanol–water partition coefficient (Wildman–Crippen LogP) is 12.5. The maximum Gasteiger partial charge on any atom is 0.123 e. The van der Waals surface area contributed by atoms with Crippen LogP contribution < -0.4 is 0 Å². The van der Waals surface area contributed by atoms with Gasteiger partial charge in [0, 0.05) is 0 Å². The van der Waals surface area contributed by atoms with Crippen LogP contribution in [0.2, 0.25) is 0 Å². The third kappa shape index (κ3) is 14.7. The third-order valence-electron chi connectivity index (χ3n) is 8.31. The molecule has 1 unspecified atom stereocenters. The maximum absolute atomic E-state index is 11.0. The lowest BCUT2D eigenvalue weighted by molar-refractivity contribution is 0.422. The zero-order chi connectivity index (χ0) is 27.7. The zero-order valence-electron chi connectivity index (χ0n) is 26.6. The highest BCUT2D eigenvalue weighted by Crippen LogP contribution is 2.41. The van der Waals surface area contributed by atoms with E-state index in [0.29, 0.717) is 11.7 Å². The van der Waals surface area contributed by atoms with Gasteiger partial charge in [-0.05, 0) is 39.9 Å². The Morgan fingerprint density at radius 3 is 1.14 bits per heavy atom. The van der Waals surface area contributed by atoms with E-state index < -0.39 is 0 Å². The van der Waals surface area contributed by atoms with Crippen molar-refractivity contribution in [2.24, 2.45) is 0 Å². The molecule has 0 heterocycles. The molecule has 0 bridgehead atoms. The highest BCUT2D eigenvalue weighted by Gasteiger charge is 2.27. The van der Waals surface area contributed by atoms with Crippen molar-refractivity contribution in [3.05, 3.63) is 28.8 Å². The molecular formula is C36H66O. The van der Waals surface area contributed by atoms with E-state index in [4.69, 9.17) is 0 Å². The van der Waals surface area contributed by atoms with E-state index in [0.717, 1.165) is 11.1 Å². The topological polar surface area (TPSA) is 20.2 Å². The SMILES string of the molecule is CCCCCCCCCCCCCCCCCCCCC(C)c1cc(C(C)(C)C)c(O)c(C(C)(C)C)c1. The fraction of sp³-hybridized carbons (Fsp3) is 0.833. The molecule has 0 aliphatic carbocycles. The maximum atomic E-state index is 11.0. The highest BCUT2D eigenvalue weighted by atomic mass is 16.3. The minimum atomic E-state index is -0.0482. The minimum absolute atomic E-state index is 0.0482. The molecule has 1 nitrogen and oxygen atoms in total. The number of benzene rings is 1. The molecule has 0 fully saturated rings. The summed E-state index contributed by atoms with van der Waals surface area (Å²) in [6, 6.07) is 4.56. The van der Waals surface area contributed by atoms with Gasteiger partial charge >= 0.3 is 0 Å². The zero-order valence-corrected chi connectivity index (χ0v) is 26.6. The normalized spacial score (nSPS) is 13.3. The summed E-state index contributed by atoms with van der Waals surface area (Å²) in [5.41, 5.74) is 3.50. The second-order valence-corrected chi connectivity index (χ2v) is 14.2. The summed E-state index contributed by atoms with van der Waals surface area (Å²) in [7, 11) is 0. The summed E-state index contributed by atoms with van der Waals surface area (Å²) < 4.78 is 0. The van der Waals surface area contributed by atoms with Crippen molar-refractivity contribution >= 4 is 0 Å². The summed E-state index contributed by atoms with van der Waals surface area (Å²) in [5, 5.41) is 11.0. The summed E-state index contributed by atoms with van der Waals surface area (Å²) in [6.45, 7) is 17.9. The Balaban J connectivity index is 2.16. The van der Waals surface area contributed by atoms with Crippen LogP contribution in [0, 0.1) is 0 Å². The van der Waals surface area contributed by atoms with E-state index in [1.54, 1.807) is 0 Å². The monoisotopic (exact) mass is 515 g/mol. The predicted molar refractivity (Wildman–Crippen MR) is 167 cm³/mol. The first-order chi connectivity index (χ1) is 17.5. The molecule has 1 rings (SSSR count). The summed E-state index contributed by atoms with van der Waals surface area (Å²) in [4.78, 5) is 0. The lowest BCUT2D eigenvalue weighted by atomic mass is 9.77. The molecule has 0 aliphatic heterocycles. The molecule has 216 valence electrons. The van der Waals surface area contributed by atoms with Gasteiger partial charge in [0.1, 0.15) is 5.75 Å². The smallest absolute Gasteiger partial charge is 0.123 e. The van der Waals surface area contributed by atoms with Crippen LogP contribution in [0.3, 0.4) is 0 Å². The van der Waals surface area contributed by atoms with E-state index in [1.165, 1.54) is 128 Å². The fourth-order valence-corrected chi connectivity index (χ4v) is 5.60. The molecule has 0 aromatic heterocycles. The molecule has 1 heteroatoms. The number of hydrogen-bond donors (Lipinski definition) is 1. The lowest BCUT2D eigenvalue weighted by Crippen LogP contribution is -2.18. The van der Waals surface area contributed by atoms with E-state index in [1.807, 2.05) is 0 Å². The first-order valence-corrected chi connectivity index (χ1v) is 16.4. The molecule has 0 aliphatic rings. The number of hydrogen-bond acceptors (Lipinski definition) is 1. The average Bonchev–Trinajstić information content (AvgIpc) is 2.81. The van der Waals surface area contributed by atoms with Crippen LogP contribution >= 0.6 is 0 Å². The molecule has 0 saturated carbocycles. The van der Waals surface area contributed by atoms with Gasteiger partial charge in [-0.15, -0.1) is 0 Å². The van der Waals surface area contributed by atoms with Crippen LogP contribution in [0.15, 0.2) is 12.1 Å². The molecule has 1 aromatic rings. The number of aromatic hydroxyl groups is 1. The Morgan fingerprint density at radius 2 is 0.838 bits per heavy atom. The Kier molecular flexibility index (Phi) is 16.9. The number of phenols is 1. The van der Waals surface area contributed by atoms with Gasteiger partial charge in [0.25, 0.3) is 0 Å². The third-order valence-corrected chi connectivity index (χ3v) is 8.31. The number of rotatable bonds is 20. The van der Waals surface area contributed by atoms with Crippen molar-refractivity contribution in [2.75, 3.05) is 0 Å². The van der Waals surface area contributed by atoms with Gasteiger partial charge in [-0.1, -0.05) is 183 Å². The minimum Gasteiger partial charge on any atom is -0.507 e. The lowest BCUT2D eigenvalue weighted by Gasteiger charge is -2.29. The van der Waals surface area contributed by atoms with E-state index in [-0.39, 0.29) is 10.8 Å². The van der Waals surface area contributed by atoms with Crippen molar-refractivity contribution in [3.63, 3.8) is 0 Å². The van der Waals surface area contributed by atoms with Crippen molar-refractivity contribution in [1.29, 1.82) is 0 Å². The van der Waals surface area contributed by atoms with Gasteiger partial charge < -0.3 is 5.11 Å². The fourth-order valence-electron chi connectivity index (χ4n) is 5.60.